The van der Waals surface area contributed by atoms with Crippen LogP contribution >= 0.6 is 11.9 Å². The van der Waals surface area contributed by atoms with Crippen LogP contribution in [0.25, 0.3) is 0 Å². The third kappa shape index (κ3) is 2.26. The highest BCUT2D eigenvalue weighted by atomic mass is 32.2. The van der Waals surface area contributed by atoms with E-state index < -0.39 is 5.91 Å². The van der Waals surface area contributed by atoms with Crippen molar-refractivity contribution >= 4 is 23.9 Å². The first-order valence-electron chi connectivity index (χ1n) is 5.61. The van der Waals surface area contributed by atoms with Gasteiger partial charge in [0.1, 0.15) is 6.54 Å². The van der Waals surface area contributed by atoms with Gasteiger partial charge in [-0.05, 0) is 30.7 Å². The normalized spacial score (nSPS) is 34.2. The van der Waals surface area contributed by atoms with Crippen LogP contribution < -0.4 is 11.1 Å². The molecule has 1 saturated heterocycles. The number of urea groups is 1. The number of carbonyl (C=O) groups excluding carboxylic acids is 2. The van der Waals surface area contributed by atoms with Crippen LogP contribution in [0.5, 0.6) is 0 Å². The summed E-state index contributed by atoms with van der Waals surface area (Å²) in [4.78, 5) is 22.5. The van der Waals surface area contributed by atoms with E-state index in [1.807, 2.05) is 0 Å². The Morgan fingerprint density at radius 1 is 1.62 bits per heavy atom. The third-order valence-electron chi connectivity index (χ3n) is 3.22. The van der Waals surface area contributed by atoms with E-state index in [0.29, 0.717) is 11.2 Å². The summed E-state index contributed by atoms with van der Waals surface area (Å²) in [5.41, 5.74) is 5.11. The van der Waals surface area contributed by atoms with Crippen molar-refractivity contribution in [3.63, 3.8) is 0 Å². The molecule has 1 heterocycles. The van der Waals surface area contributed by atoms with Crippen molar-refractivity contribution in [1.82, 2.24) is 9.62 Å². The summed E-state index contributed by atoms with van der Waals surface area (Å²) in [7, 11) is 0. The number of carbonyl (C=O) groups is 2. The molecule has 0 spiro atoms. The molecule has 0 aromatic rings. The lowest BCUT2D eigenvalue weighted by atomic mass is 9.86. The van der Waals surface area contributed by atoms with Gasteiger partial charge < -0.3 is 11.1 Å². The van der Waals surface area contributed by atoms with E-state index in [2.05, 4.69) is 12.2 Å². The van der Waals surface area contributed by atoms with Crippen LogP contribution in [-0.2, 0) is 4.79 Å². The number of rotatable bonds is 2. The van der Waals surface area contributed by atoms with Crippen molar-refractivity contribution in [1.29, 1.82) is 0 Å². The minimum Gasteiger partial charge on any atom is -0.368 e. The Labute approximate surface area is 99.2 Å². The quantitative estimate of drug-likeness (QED) is 0.701. The largest absolute Gasteiger partial charge is 0.368 e. The fourth-order valence-corrected chi connectivity index (χ4v) is 3.73. The third-order valence-corrected chi connectivity index (χ3v) is 4.80. The molecule has 5 nitrogen and oxygen atoms in total. The maximum Gasteiger partial charge on any atom is 0.328 e. The van der Waals surface area contributed by atoms with Gasteiger partial charge in [0.15, 0.2) is 0 Å². The van der Waals surface area contributed by atoms with Crippen molar-refractivity contribution in [2.75, 3.05) is 6.54 Å². The molecule has 2 rings (SSSR count). The summed E-state index contributed by atoms with van der Waals surface area (Å²) < 4.78 is 1.45. The Morgan fingerprint density at radius 3 is 3.06 bits per heavy atom. The molecule has 1 aliphatic heterocycles. The Balaban J connectivity index is 2.04. The molecule has 3 amide bonds. The maximum absolute atomic E-state index is 11.7. The van der Waals surface area contributed by atoms with Gasteiger partial charge in [0, 0.05) is 11.3 Å². The summed E-state index contributed by atoms with van der Waals surface area (Å²) in [5, 5.41) is 3.34. The molecule has 0 aromatic heterocycles. The van der Waals surface area contributed by atoms with E-state index in [0.717, 1.165) is 6.42 Å². The molecule has 0 bridgehead atoms. The van der Waals surface area contributed by atoms with Crippen LogP contribution in [0.2, 0.25) is 0 Å². The minimum absolute atomic E-state index is 0.00750. The van der Waals surface area contributed by atoms with Crippen LogP contribution in [0.3, 0.4) is 0 Å². The van der Waals surface area contributed by atoms with Gasteiger partial charge in [0.2, 0.25) is 5.91 Å². The Hall–Kier alpha value is -0.910. The Bertz CT molecular complexity index is 310. The molecule has 16 heavy (non-hydrogen) atoms. The number of fused-ring (bicyclic) bond motifs is 1. The van der Waals surface area contributed by atoms with Gasteiger partial charge in [-0.3, -0.25) is 9.10 Å². The van der Waals surface area contributed by atoms with E-state index in [4.69, 9.17) is 5.73 Å². The van der Waals surface area contributed by atoms with Crippen LogP contribution in [0, 0.1) is 5.92 Å². The van der Waals surface area contributed by atoms with Crippen molar-refractivity contribution < 1.29 is 9.59 Å². The molecule has 2 fully saturated rings. The molecule has 1 saturated carbocycles. The van der Waals surface area contributed by atoms with Gasteiger partial charge in [-0.25, -0.2) is 4.79 Å². The van der Waals surface area contributed by atoms with Crippen molar-refractivity contribution in [2.45, 2.75) is 37.5 Å². The number of hydrogen-bond acceptors (Lipinski definition) is 3. The van der Waals surface area contributed by atoms with Gasteiger partial charge in [0.05, 0.1) is 0 Å². The second kappa shape index (κ2) is 4.53. The average molecular weight is 243 g/mol. The Kier molecular flexibility index (Phi) is 3.28. The first-order valence-corrected chi connectivity index (χ1v) is 6.44. The molecule has 90 valence electrons. The first-order chi connectivity index (χ1) is 7.58. The van der Waals surface area contributed by atoms with Crippen molar-refractivity contribution in [3.8, 4) is 0 Å². The monoisotopic (exact) mass is 243 g/mol. The molecule has 1 aliphatic carbocycles. The molecular weight excluding hydrogens is 226 g/mol. The van der Waals surface area contributed by atoms with Gasteiger partial charge in [0.25, 0.3) is 0 Å². The SMILES string of the molecule is CC1CCCC2NC(=O)N(CC(N)=O)SC12. The lowest BCUT2D eigenvalue weighted by molar-refractivity contribution is -0.117. The molecule has 0 radical (unpaired) electrons. The zero-order chi connectivity index (χ0) is 11.7. The topological polar surface area (TPSA) is 75.4 Å². The highest BCUT2D eigenvalue weighted by Crippen LogP contribution is 2.37. The fraction of sp³-hybridized carbons (Fsp3) is 0.800. The van der Waals surface area contributed by atoms with E-state index >= 15 is 0 Å². The second-order valence-electron chi connectivity index (χ2n) is 4.54. The number of nitrogens with zero attached hydrogens (tertiary/aromatic N) is 1. The summed E-state index contributed by atoms with van der Waals surface area (Å²) in [5.74, 6) is 0.101. The zero-order valence-corrected chi connectivity index (χ0v) is 10.1. The molecule has 3 N–H and O–H groups in total. The predicted molar refractivity (Wildman–Crippen MR) is 62.6 cm³/mol. The molecule has 6 heteroatoms. The molecule has 2 aliphatic rings. The zero-order valence-electron chi connectivity index (χ0n) is 9.31. The Morgan fingerprint density at radius 2 is 2.38 bits per heavy atom. The first kappa shape index (κ1) is 11.6. The lowest BCUT2D eigenvalue weighted by Gasteiger charge is -2.43. The summed E-state index contributed by atoms with van der Waals surface area (Å²) in [6, 6.07) is 0.0736. The highest BCUT2D eigenvalue weighted by Gasteiger charge is 2.39. The summed E-state index contributed by atoms with van der Waals surface area (Å²) >= 11 is 1.48. The molecule has 0 aromatic carbocycles. The van der Waals surface area contributed by atoms with Crippen molar-refractivity contribution in [3.05, 3.63) is 0 Å². The van der Waals surface area contributed by atoms with Gasteiger partial charge in [-0.15, -0.1) is 0 Å². The predicted octanol–water partition coefficient (Wildman–Crippen LogP) is 0.702. The van der Waals surface area contributed by atoms with Gasteiger partial charge in [-0.2, -0.15) is 0 Å². The smallest absolute Gasteiger partial charge is 0.328 e. The van der Waals surface area contributed by atoms with E-state index in [1.165, 1.54) is 29.1 Å². The van der Waals surface area contributed by atoms with Crippen LogP contribution in [-0.4, -0.2) is 34.1 Å². The number of hydrogen-bond donors (Lipinski definition) is 2. The van der Waals surface area contributed by atoms with Gasteiger partial charge in [-0.1, -0.05) is 13.3 Å². The van der Waals surface area contributed by atoms with Crippen LogP contribution in [0.4, 0.5) is 4.79 Å². The summed E-state index contributed by atoms with van der Waals surface area (Å²) in [6.07, 6.45) is 3.39. The number of nitrogens with one attached hydrogen (secondary N) is 1. The van der Waals surface area contributed by atoms with E-state index in [-0.39, 0.29) is 18.6 Å². The molecule has 3 unspecified atom stereocenters. The minimum atomic E-state index is -0.468. The van der Waals surface area contributed by atoms with Crippen LogP contribution in [0.1, 0.15) is 26.2 Å². The van der Waals surface area contributed by atoms with Crippen LogP contribution in [0.15, 0.2) is 0 Å². The standard InChI is InChI=1S/C10H17N3O2S/c1-6-3-2-4-7-9(6)16-13(5-8(11)14)10(15)12-7/h6-7,9H,2-5H2,1H3,(H2,11,14)(H,12,15). The number of primary amides is 1. The molecule has 3 atom stereocenters. The highest BCUT2D eigenvalue weighted by molar-refractivity contribution is 7.98. The number of nitrogens with two attached hydrogens (primary N) is 1. The van der Waals surface area contributed by atoms with E-state index in [1.54, 1.807) is 0 Å². The summed E-state index contributed by atoms with van der Waals surface area (Å²) in [6.45, 7) is 2.19. The van der Waals surface area contributed by atoms with E-state index in [9.17, 15) is 9.59 Å². The molecular formula is C10H17N3O2S. The lowest BCUT2D eigenvalue weighted by Crippen LogP contribution is -2.57. The number of amides is 3. The fourth-order valence-electron chi connectivity index (χ4n) is 2.39. The maximum atomic E-state index is 11.7. The van der Waals surface area contributed by atoms with Gasteiger partial charge >= 0.3 is 6.03 Å². The average Bonchev–Trinajstić information content (AvgIpc) is 2.20. The second-order valence-corrected chi connectivity index (χ2v) is 5.73. The van der Waals surface area contributed by atoms with Crippen molar-refractivity contribution in [2.24, 2.45) is 11.7 Å².